The summed E-state index contributed by atoms with van der Waals surface area (Å²) < 4.78 is 19.0. The van der Waals surface area contributed by atoms with Gasteiger partial charge in [-0.3, -0.25) is 5.32 Å². The van der Waals surface area contributed by atoms with E-state index in [0.717, 1.165) is 6.07 Å². The number of nitrogens with one attached hydrogen (secondary N) is 1. The fourth-order valence-corrected chi connectivity index (χ4v) is 1.78. The molecular weight excluding hydrogens is 291 g/mol. The Morgan fingerprint density at radius 1 is 1.41 bits per heavy atom. The number of nitrogens with two attached hydrogens (primary N) is 1. The molecule has 2 atom stereocenters. The largest absolute Gasteiger partial charge is 0.444 e. The van der Waals surface area contributed by atoms with E-state index in [1.165, 1.54) is 12.1 Å². The van der Waals surface area contributed by atoms with Crippen molar-refractivity contribution in [3.63, 3.8) is 0 Å². The van der Waals surface area contributed by atoms with Crippen LogP contribution in [-0.4, -0.2) is 34.6 Å². The van der Waals surface area contributed by atoms with Crippen molar-refractivity contribution in [2.24, 2.45) is 5.73 Å². The second-order valence-corrected chi connectivity index (χ2v) is 5.96. The van der Waals surface area contributed by atoms with Crippen LogP contribution in [0.4, 0.5) is 14.9 Å². The highest BCUT2D eigenvalue weighted by molar-refractivity contribution is 5.85. The molecular formula is C15H23FN2O4. The van der Waals surface area contributed by atoms with Gasteiger partial charge in [-0.2, -0.15) is 0 Å². The van der Waals surface area contributed by atoms with Crippen LogP contribution in [0.3, 0.4) is 0 Å². The minimum atomic E-state index is -1.24. The molecule has 124 valence electrons. The predicted molar refractivity (Wildman–Crippen MR) is 80.9 cm³/mol. The molecule has 0 aliphatic carbocycles. The van der Waals surface area contributed by atoms with Crippen molar-refractivity contribution in [1.82, 2.24) is 0 Å². The van der Waals surface area contributed by atoms with Gasteiger partial charge in [0.15, 0.2) is 0 Å². The monoisotopic (exact) mass is 314 g/mol. The molecule has 0 bridgehead atoms. The van der Waals surface area contributed by atoms with E-state index in [9.17, 15) is 19.4 Å². The SMILES string of the molecule is CC(C)(C)OC(=O)Nc1ccc(C(O)C(O)CCN)cc1F. The summed E-state index contributed by atoms with van der Waals surface area (Å²) in [5, 5.41) is 21.8. The van der Waals surface area contributed by atoms with Crippen LogP contribution in [-0.2, 0) is 4.74 Å². The molecule has 1 aromatic rings. The van der Waals surface area contributed by atoms with Gasteiger partial charge in [0.2, 0.25) is 0 Å². The Labute approximate surface area is 129 Å². The molecule has 1 rings (SSSR count). The lowest BCUT2D eigenvalue weighted by Crippen LogP contribution is -2.27. The third-order valence-corrected chi connectivity index (χ3v) is 2.80. The van der Waals surface area contributed by atoms with Crippen molar-refractivity contribution in [2.45, 2.75) is 45.0 Å². The number of carbonyl (C=O) groups excluding carboxylic acids is 1. The lowest BCUT2D eigenvalue weighted by Gasteiger charge is -2.20. The van der Waals surface area contributed by atoms with Gasteiger partial charge < -0.3 is 20.7 Å². The van der Waals surface area contributed by atoms with Gasteiger partial charge in [0.05, 0.1) is 11.8 Å². The number of hydrogen-bond acceptors (Lipinski definition) is 5. The maximum Gasteiger partial charge on any atom is 0.412 e. The lowest BCUT2D eigenvalue weighted by molar-refractivity contribution is 0.0149. The highest BCUT2D eigenvalue weighted by Gasteiger charge is 2.20. The molecule has 22 heavy (non-hydrogen) atoms. The summed E-state index contributed by atoms with van der Waals surface area (Å²) in [7, 11) is 0. The van der Waals surface area contributed by atoms with Gasteiger partial charge >= 0.3 is 6.09 Å². The first-order chi connectivity index (χ1) is 10.1. The fraction of sp³-hybridized carbons (Fsp3) is 0.533. The minimum Gasteiger partial charge on any atom is -0.444 e. The molecule has 0 aromatic heterocycles. The molecule has 0 aliphatic heterocycles. The topological polar surface area (TPSA) is 105 Å². The number of amides is 1. The van der Waals surface area contributed by atoms with Crippen molar-refractivity contribution in [2.75, 3.05) is 11.9 Å². The second-order valence-electron chi connectivity index (χ2n) is 5.96. The Hall–Kier alpha value is -1.70. The van der Waals surface area contributed by atoms with E-state index >= 15 is 0 Å². The van der Waals surface area contributed by atoms with Gasteiger partial charge in [0, 0.05) is 0 Å². The van der Waals surface area contributed by atoms with Crippen LogP contribution in [0.15, 0.2) is 18.2 Å². The molecule has 0 saturated heterocycles. The summed E-state index contributed by atoms with van der Waals surface area (Å²) in [5.41, 5.74) is 4.74. The fourth-order valence-electron chi connectivity index (χ4n) is 1.78. The number of hydrogen-bond donors (Lipinski definition) is 4. The number of aliphatic hydroxyl groups excluding tert-OH is 2. The van der Waals surface area contributed by atoms with Crippen molar-refractivity contribution < 1.29 is 24.1 Å². The van der Waals surface area contributed by atoms with Crippen LogP contribution in [0.25, 0.3) is 0 Å². The van der Waals surface area contributed by atoms with Crippen LogP contribution >= 0.6 is 0 Å². The predicted octanol–water partition coefficient (Wildman–Crippen LogP) is 1.92. The molecule has 0 heterocycles. The number of anilines is 1. The zero-order valence-corrected chi connectivity index (χ0v) is 13.0. The number of benzene rings is 1. The molecule has 1 aromatic carbocycles. The van der Waals surface area contributed by atoms with Crippen molar-refractivity contribution >= 4 is 11.8 Å². The van der Waals surface area contributed by atoms with Gasteiger partial charge in [-0.25, -0.2) is 9.18 Å². The van der Waals surface area contributed by atoms with Crippen molar-refractivity contribution in [1.29, 1.82) is 0 Å². The first-order valence-corrected chi connectivity index (χ1v) is 6.99. The second kappa shape index (κ2) is 7.53. The average molecular weight is 314 g/mol. The maximum absolute atomic E-state index is 14.0. The van der Waals surface area contributed by atoms with Crippen LogP contribution in [0.1, 0.15) is 38.9 Å². The highest BCUT2D eigenvalue weighted by atomic mass is 19.1. The van der Waals surface area contributed by atoms with E-state index in [1.807, 2.05) is 0 Å². The van der Waals surface area contributed by atoms with E-state index < -0.39 is 29.7 Å². The van der Waals surface area contributed by atoms with E-state index in [-0.39, 0.29) is 24.2 Å². The van der Waals surface area contributed by atoms with Crippen LogP contribution in [0.2, 0.25) is 0 Å². The summed E-state index contributed by atoms with van der Waals surface area (Å²) in [5.74, 6) is -0.734. The molecule has 0 radical (unpaired) electrons. The van der Waals surface area contributed by atoms with Gasteiger partial charge in [-0.1, -0.05) is 6.07 Å². The molecule has 0 aliphatic rings. The summed E-state index contributed by atoms with van der Waals surface area (Å²) in [6.07, 6.45) is -2.90. The summed E-state index contributed by atoms with van der Waals surface area (Å²) in [6.45, 7) is 5.29. The Kier molecular flexibility index (Phi) is 6.28. The molecule has 0 spiro atoms. The Morgan fingerprint density at radius 3 is 2.55 bits per heavy atom. The summed E-state index contributed by atoms with van der Waals surface area (Å²) in [6, 6.07) is 3.77. The van der Waals surface area contributed by atoms with E-state index in [4.69, 9.17) is 10.5 Å². The van der Waals surface area contributed by atoms with Crippen LogP contribution in [0.5, 0.6) is 0 Å². The zero-order valence-electron chi connectivity index (χ0n) is 13.0. The average Bonchev–Trinajstić information content (AvgIpc) is 2.38. The first-order valence-electron chi connectivity index (χ1n) is 6.99. The molecule has 0 saturated carbocycles. The normalized spacial score (nSPS) is 14.3. The summed E-state index contributed by atoms with van der Waals surface area (Å²) in [4.78, 5) is 11.6. The molecule has 7 heteroatoms. The number of carbonyl (C=O) groups is 1. The van der Waals surface area contributed by atoms with Crippen LogP contribution in [0, 0.1) is 5.82 Å². The third-order valence-electron chi connectivity index (χ3n) is 2.80. The quantitative estimate of drug-likeness (QED) is 0.664. The van der Waals surface area contributed by atoms with Crippen molar-refractivity contribution in [3.05, 3.63) is 29.6 Å². The number of aliphatic hydroxyl groups is 2. The van der Waals surface area contributed by atoms with Crippen LogP contribution < -0.4 is 11.1 Å². The molecule has 6 nitrogen and oxygen atoms in total. The molecule has 1 amide bonds. The Balaban J connectivity index is 2.79. The van der Waals surface area contributed by atoms with Gasteiger partial charge in [-0.05, 0) is 51.4 Å². The van der Waals surface area contributed by atoms with E-state index in [2.05, 4.69) is 5.32 Å². The van der Waals surface area contributed by atoms with Gasteiger partial charge in [0.1, 0.15) is 17.5 Å². The zero-order chi connectivity index (χ0) is 16.9. The van der Waals surface area contributed by atoms with E-state index in [0.29, 0.717) is 0 Å². The molecule has 5 N–H and O–H groups in total. The van der Waals surface area contributed by atoms with Crippen molar-refractivity contribution in [3.8, 4) is 0 Å². The summed E-state index contributed by atoms with van der Waals surface area (Å²) >= 11 is 0. The molecule has 2 unspecified atom stereocenters. The van der Waals surface area contributed by atoms with Gasteiger partial charge in [0.25, 0.3) is 0 Å². The Bertz CT molecular complexity index is 517. The third kappa shape index (κ3) is 5.59. The number of halogens is 1. The molecule has 0 fully saturated rings. The number of rotatable bonds is 5. The number of ether oxygens (including phenoxy) is 1. The van der Waals surface area contributed by atoms with E-state index in [1.54, 1.807) is 20.8 Å². The lowest BCUT2D eigenvalue weighted by atomic mass is 10.0. The highest BCUT2D eigenvalue weighted by Crippen LogP contribution is 2.24. The smallest absolute Gasteiger partial charge is 0.412 e. The van der Waals surface area contributed by atoms with Gasteiger partial charge in [-0.15, -0.1) is 0 Å². The maximum atomic E-state index is 14.0. The minimum absolute atomic E-state index is 0.0708. The standard InChI is InChI=1S/C15H23FN2O4/c1-15(2,3)22-14(21)18-11-5-4-9(8-10(11)16)13(20)12(19)6-7-17/h4-5,8,12-13,19-20H,6-7,17H2,1-3H3,(H,18,21). The Morgan fingerprint density at radius 2 is 2.05 bits per heavy atom. The first kappa shape index (κ1) is 18.3.